The number of hydrogen-bond donors (Lipinski definition) is 2. The third-order valence-corrected chi connectivity index (χ3v) is 5.72. The predicted octanol–water partition coefficient (Wildman–Crippen LogP) is 4.14. The van der Waals surface area contributed by atoms with Crippen molar-refractivity contribution in [3.05, 3.63) is 94.3 Å². The summed E-state index contributed by atoms with van der Waals surface area (Å²) in [7, 11) is 0. The molecule has 1 aromatic heterocycles. The summed E-state index contributed by atoms with van der Waals surface area (Å²) in [5.74, 6) is -0.807. The van der Waals surface area contributed by atoms with Gasteiger partial charge in [-0.3, -0.25) is 9.89 Å². The third kappa shape index (κ3) is 3.14. The molecule has 1 amide bonds. The molecule has 0 atom stereocenters. The highest BCUT2D eigenvalue weighted by Crippen LogP contribution is 2.42. The SMILES string of the molecule is O=C(NC1CC1)c1n[nH]c2c1C=CC(c1ccc(F)cc1)(c1ccc(F)cc1)C2. The van der Waals surface area contributed by atoms with Crippen molar-refractivity contribution >= 4 is 12.0 Å². The quantitative estimate of drug-likeness (QED) is 0.702. The molecule has 2 aliphatic carbocycles. The molecule has 4 nitrogen and oxygen atoms in total. The van der Waals surface area contributed by atoms with Crippen LogP contribution in [0.1, 0.15) is 45.7 Å². The van der Waals surface area contributed by atoms with Gasteiger partial charge in [0.2, 0.25) is 0 Å². The van der Waals surface area contributed by atoms with Crippen LogP contribution in [-0.2, 0) is 11.8 Å². The van der Waals surface area contributed by atoms with E-state index < -0.39 is 5.41 Å². The van der Waals surface area contributed by atoms with E-state index in [0.29, 0.717) is 12.1 Å². The van der Waals surface area contributed by atoms with E-state index in [9.17, 15) is 13.6 Å². The molecule has 1 heterocycles. The van der Waals surface area contributed by atoms with Crippen LogP contribution in [0, 0.1) is 11.6 Å². The van der Waals surface area contributed by atoms with E-state index in [0.717, 1.165) is 35.2 Å². The highest BCUT2D eigenvalue weighted by molar-refractivity contribution is 5.97. The van der Waals surface area contributed by atoms with Gasteiger partial charge in [0.1, 0.15) is 11.6 Å². The average Bonchev–Trinajstić information content (AvgIpc) is 3.44. The summed E-state index contributed by atoms with van der Waals surface area (Å²) in [4.78, 5) is 12.5. The van der Waals surface area contributed by atoms with Gasteiger partial charge in [0.05, 0.1) is 0 Å². The van der Waals surface area contributed by atoms with Crippen LogP contribution >= 0.6 is 0 Å². The van der Waals surface area contributed by atoms with E-state index in [1.54, 1.807) is 24.3 Å². The molecular weight excluding hydrogens is 372 g/mol. The average molecular weight is 391 g/mol. The first-order valence-electron chi connectivity index (χ1n) is 9.64. The second-order valence-electron chi connectivity index (χ2n) is 7.71. The van der Waals surface area contributed by atoms with Gasteiger partial charge in [-0.25, -0.2) is 8.78 Å². The Morgan fingerprint density at radius 3 is 2.14 bits per heavy atom. The van der Waals surface area contributed by atoms with Gasteiger partial charge < -0.3 is 5.32 Å². The van der Waals surface area contributed by atoms with E-state index >= 15 is 0 Å². The number of carbonyl (C=O) groups is 1. The molecule has 1 saturated carbocycles. The second kappa shape index (κ2) is 6.65. The predicted molar refractivity (Wildman–Crippen MR) is 105 cm³/mol. The normalized spacial score (nSPS) is 17.0. The molecule has 0 bridgehead atoms. The minimum Gasteiger partial charge on any atom is -0.348 e. The first-order valence-corrected chi connectivity index (χ1v) is 9.64. The number of aromatic amines is 1. The standard InChI is InChI=1S/C23H19F2N3O/c24-16-5-1-14(2-6-16)23(15-3-7-17(25)8-4-15)12-11-19-20(13-23)27-28-21(19)22(29)26-18-9-10-18/h1-8,11-12,18H,9-10,13H2,(H,26,29)(H,27,28). The fourth-order valence-corrected chi connectivity index (χ4v) is 3.98. The van der Waals surface area contributed by atoms with E-state index in [4.69, 9.17) is 0 Å². The zero-order chi connectivity index (χ0) is 20.0. The van der Waals surface area contributed by atoms with Crippen LogP contribution in [0.3, 0.4) is 0 Å². The summed E-state index contributed by atoms with van der Waals surface area (Å²) < 4.78 is 27.1. The lowest BCUT2D eigenvalue weighted by atomic mass is 9.68. The number of amides is 1. The molecule has 0 saturated heterocycles. The van der Waals surface area contributed by atoms with Crippen molar-refractivity contribution in [2.75, 3.05) is 0 Å². The van der Waals surface area contributed by atoms with Crippen LogP contribution in [0.4, 0.5) is 8.78 Å². The van der Waals surface area contributed by atoms with Crippen LogP contribution in [0.2, 0.25) is 0 Å². The number of H-pyrrole nitrogens is 1. The Hall–Kier alpha value is -3.28. The van der Waals surface area contributed by atoms with Gasteiger partial charge >= 0.3 is 0 Å². The number of halogens is 2. The monoisotopic (exact) mass is 391 g/mol. The topological polar surface area (TPSA) is 57.8 Å². The largest absolute Gasteiger partial charge is 0.348 e. The Bertz CT molecular complexity index is 1050. The molecule has 2 N–H and O–H groups in total. The van der Waals surface area contributed by atoms with E-state index in [-0.39, 0.29) is 23.6 Å². The van der Waals surface area contributed by atoms with Crippen molar-refractivity contribution in [3.63, 3.8) is 0 Å². The molecule has 3 aromatic rings. The van der Waals surface area contributed by atoms with Crippen LogP contribution in [0.25, 0.3) is 6.08 Å². The van der Waals surface area contributed by atoms with Crippen LogP contribution in [-0.4, -0.2) is 22.1 Å². The summed E-state index contributed by atoms with van der Waals surface area (Å²) in [6.07, 6.45) is 6.40. The van der Waals surface area contributed by atoms with Crippen molar-refractivity contribution in [2.45, 2.75) is 30.7 Å². The van der Waals surface area contributed by atoms with Crippen molar-refractivity contribution in [1.82, 2.24) is 15.5 Å². The number of nitrogens with one attached hydrogen (secondary N) is 2. The number of aromatic nitrogens is 2. The summed E-state index contributed by atoms with van der Waals surface area (Å²) in [6, 6.07) is 12.9. The number of fused-ring (bicyclic) bond motifs is 1. The summed E-state index contributed by atoms with van der Waals surface area (Å²) in [6.45, 7) is 0. The van der Waals surface area contributed by atoms with Gasteiger partial charge in [-0.1, -0.05) is 36.4 Å². The number of allylic oxidation sites excluding steroid dienone is 1. The maximum atomic E-state index is 13.5. The smallest absolute Gasteiger partial charge is 0.272 e. The zero-order valence-electron chi connectivity index (χ0n) is 15.6. The highest BCUT2D eigenvalue weighted by atomic mass is 19.1. The maximum absolute atomic E-state index is 13.5. The maximum Gasteiger partial charge on any atom is 0.272 e. The summed E-state index contributed by atoms with van der Waals surface area (Å²) >= 11 is 0. The molecule has 0 unspecified atom stereocenters. The molecule has 1 fully saturated rings. The van der Waals surface area contributed by atoms with E-state index in [1.807, 2.05) is 12.2 Å². The fourth-order valence-electron chi connectivity index (χ4n) is 3.98. The molecule has 29 heavy (non-hydrogen) atoms. The van der Waals surface area contributed by atoms with Crippen molar-refractivity contribution in [1.29, 1.82) is 0 Å². The Kier molecular flexibility index (Phi) is 4.08. The van der Waals surface area contributed by atoms with Crippen molar-refractivity contribution in [3.8, 4) is 0 Å². The van der Waals surface area contributed by atoms with E-state index in [1.165, 1.54) is 24.3 Å². The molecule has 2 aromatic carbocycles. The Balaban J connectivity index is 1.58. The minimum absolute atomic E-state index is 0.175. The summed E-state index contributed by atoms with van der Waals surface area (Å²) in [5, 5.41) is 10.2. The number of hydrogen-bond acceptors (Lipinski definition) is 2. The first kappa shape index (κ1) is 17.8. The Morgan fingerprint density at radius 1 is 1.00 bits per heavy atom. The van der Waals surface area contributed by atoms with Crippen LogP contribution in [0.15, 0.2) is 54.6 Å². The molecule has 2 aliphatic rings. The third-order valence-electron chi connectivity index (χ3n) is 5.72. The van der Waals surface area contributed by atoms with Gasteiger partial charge in [-0.15, -0.1) is 0 Å². The second-order valence-corrected chi connectivity index (χ2v) is 7.71. The lowest BCUT2D eigenvalue weighted by Crippen LogP contribution is -2.31. The molecular formula is C23H19F2N3O. The number of rotatable bonds is 4. The highest BCUT2D eigenvalue weighted by Gasteiger charge is 2.37. The Morgan fingerprint density at radius 2 is 1.59 bits per heavy atom. The lowest BCUT2D eigenvalue weighted by molar-refractivity contribution is 0.0946. The summed E-state index contributed by atoms with van der Waals surface area (Å²) in [5.41, 5.74) is 3.11. The molecule has 0 aliphatic heterocycles. The molecule has 6 heteroatoms. The molecule has 0 radical (unpaired) electrons. The zero-order valence-corrected chi connectivity index (χ0v) is 15.6. The molecule has 0 spiro atoms. The molecule has 5 rings (SSSR count). The van der Waals surface area contributed by atoms with Gasteiger partial charge in [0.15, 0.2) is 5.69 Å². The first-order chi connectivity index (χ1) is 14.0. The van der Waals surface area contributed by atoms with Gasteiger partial charge in [-0.05, 0) is 48.2 Å². The van der Waals surface area contributed by atoms with E-state index in [2.05, 4.69) is 15.5 Å². The number of benzene rings is 2. The van der Waals surface area contributed by atoms with Crippen LogP contribution in [0.5, 0.6) is 0 Å². The molecule has 146 valence electrons. The van der Waals surface area contributed by atoms with Gasteiger partial charge in [0.25, 0.3) is 5.91 Å². The van der Waals surface area contributed by atoms with Crippen molar-refractivity contribution in [2.24, 2.45) is 0 Å². The minimum atomic E-state index is -0.620. The number of nitrogens with zero attached hydrogens (tertiary/aromatic N) is 1. The Labute approximate surface area is 166 Å². The fraction of sp³-hybridized carbons (Fsp3) is 0.217. The van der Waals surface area contributed by atoms with Crippen molar-refractivity contribution < 1.29 is 13.6 Å². The lowest BCUT2D eigenvalue weighted by Gasteiger charge is -2.34. The van der Waals surface area contributed by atoms with Gasteiger partial charge in [0, 0.05) is 29.1 Å². The van der Waals surface area contributed by atoms with Crippen LogP contribution < -0.4 is 5.32 Å². The number of carbonyl (C=O) groups excluding carboxylic acids is 1. The van der Waals surface area contributed by atoms with Gasteiger partial charge in [-0.2, -0.15) is 5.10 Å².